The highest BCUT2D eigenvalue weighted by atomic mass is 35.5. The van der Waals surface area contributed by atoms with Gasteiger partial charge < -0.3 is 19.3 Å². The molecule has 32 heavy (non-hydrogen) atoms. The van der Waals surface area contributed by atoms with E-state index in [1.165, 1.54) is 6.42 Å². The number of nitrogens with zero attached hydrogens (tertiary/aromatic N) is 5. The molecule has 0 radical (unpaired) electrons. The minimum absolute atomic E-state index is 0.0230. The van der Waals surface area contributed by atoms with E-state index in [1.54, 1.807) is 6.07 Å². The van der Waals surface area contributed by atoms with E-state index in [4.69, 9.17) is 21.1 Å². The third-order valence-electron chi connectivity index (χ3n) is 7.58. The van der Waals surface area contributed by atoms with Crippen LogP contribution in [0, 0.1) is 0 Å². The second-order valence-electron chi connectivity index (χ2n) is 9.67. The lowest BCUT2D eigenvalue weighted by Gasteiger charge is -2.50. The number of carbonyl (C=O) groups excluding carboxylic acids is 1. The molecule has 1 aromatic rings. The Bertz CT molecular complexity index is 801. The van der Waals surface area contributed by atoms with E-state index in [0.717, 1.165) is 64.6 Å². The number of rotatable bonds is 6. The third kappa shape index (κ3) is 4.82. The molecular weight excluding hydrogens is 430 g/mol. The fourth-order valence-electron chi connectivity index (χ4n) is 5.79. The van der Waals surface area contributed by atoms with E-state index in [-0.39, 0.29) is 6.10 Å². The van der Waals surface area contributed by atoms with Gasteiger partial charge in [-0.05, 0) is 38.5 Å². The quantitative estimate of drug-likeness (QED) is 0.600. The standard InChI is InChI=1S/C23H34ClN5O3/c1-27(23-25-20(24)13-21(26-23)32-19-7-10-31-15-19)18-11-16-5-4-6-17(12-18)29(16)14-22(30)28-8-2-3-9-28/h13,16-19H,2-12,14-15H2,1H3/t16-,17+,18-,19-/m0/s1. The molecule has 4 atom stereocenters. The SMILES string of the molecule is CN(c1nc(Cl)cc(O[C@H]2CCOC2)n1)[C@@H]1C[C@H]2CCC[C@@H](C1)N2CC(=O)N1CCCC1. The van der Waals surface area contributed by atoms with E-state index in [9.17, 15) is 4.79 Å². The lowest BCUT2D eigenvalue weighted by atomic mass is 9.81. The van der Waals surface area contributed by atoms with Crippen molar-refractivity contribution >= 4 is 23.5 Å². The van der Waals surface area contributed by atoms with Crippen molar-refractivity contribution in [1.29, 1.82) is 0 Å². The van der Waals surface area contributed by atoms with Crippen LogP contribution in [0.1, 0.15) is 51.4 Å². The first-order chi connectivity index (χ1) is 15.6. The summed E-state index contributed by atoms with van der Waals surface area (Å²) in [6, 6.07) is 2.88. The Morgan fingerprint density at radius 3 is 2.62 bits per heavy atom. The first-order valence-electron chi connectivity index (χ1n) is 12.1. The fraction of sp³-hybridized carbons (Fsp3) is 0.783. The Morgan fingerprint density at radius 2 is 1.94 bits per heavy atom. The third-order valence-corrected chi connectivity index (χ3v) is 7.77. The second-order valence-corrected chi connectivity index (χ2v) is 10.1. The number of halogens is 1. The van der Waals surface area contributed by atoms with Crippen molar-refractivity contribution in [2.45, 2.75) is 75.6 Å². The van der Waals surface area contributed by atoms with Crippen LogP contribution in [0.3, 0.4) is 0 Å². The predicted octanol–water partition coefficient (Wildman–Crippen LogP) is 2.74. The summed E-state index contributed by atoms with van der Waals surface area (Å²) in [6.07, 6.45) is 8.76. The summed E-state index contributed by atoms with van der Waals surface area (Å²) < 4.78 is 11.4. The van der Waals surface area contributed by atoms with Crippen LogP contribution < -0.4 is 9.64 Å². The summed E-state index contributed by atoms with van der Waals surface area (Å²) in [5.41, 5.74) is 0. The number of likely N-dealkylation sites (tertiary alicyclic amines) is 1. The minimum Gasteiger partial charge on any atom is -0.472 e. The highest BCUT2D eigenvalue weighted by Gasteiger charge is 2.41. The summed E-state index contributed by atoms with van der Waals surface area (Å²) >= 11 is 6.32. The van der Waals surface area contributed by atoms with Gasteiger partial charge in [0.2, 0.25) is 17.7 Å². The van der Waals surface area contributed by atoms with Gasteiger partial charge in [-0.25, -0.2) is 4.98 Å². The van der Waals surface area contributed by atoms with Crippen LogP contribution in [0.2, 0.25) is 5.15 Å². The maximum atomic E-state index is 12.8. The molecule has 176 valence electrons. The van der Waals surface area contributed by atoms with Crippen molar-refractivity contribution in [3.05, 3.63) is 11.2 Å². The van der Waals surface area contributed by atoms with Gasteiger partial charge in [0, 0.05) is 50.7 Å². The zero-order valence-corrected chi connectivity index (χ0v) is 19.7. The Kier molecular flexibility index (Phi) is 6.71. The van der Waals surface area contributed by atoms with Gasteiger partial charge in [0.1, 0.15) is 11.3 Å². The zero-order chi connectivity index (χ0) is 22.1. The maximum absolute atomic E-state index is 12.8. The Hall–Kier alpha value is -1.64. The number of amides is 1. The van der Waals surface area contributed by atoms with Crippen molar-refractivity contribution < 1.29 is 14.3 Å². The zero-order valence-electron chi connectivity index (χ0n) is 18.9. The van der Waals surface area contributed by atoms with Gasteiger partial charge in [0.25, 0.3) is 0 Å². The molecule has 0 aromatic carbocycles. The number of hydrogen-bond acceptors (Lipinski definition) is 7. The van der Waals surface area contributed by atoms with Crippen LogP contribution >= 0.6 is 11.6 Å². The molecule has 0 unspecified atom stereocenters. The van der Waals surface area contributed by atoms with E-state index < -0.39 is 0 Å². The molecular formula is C23H34ClN5O3. The van der Waals surface area contributed by atoms with E-state index in [2.05, 4.69) is 26.8 Å². The molecule has 4 aliphatic rings. The Balaban J connectivity index is 1.26. The fourth-order valence-corrected chi connectivity index (χ4v) is 5.96. The van der Waals surface area contributed by atoms with Crippen LogP contribution in [0.5, 0.6) is 5.88 Å². The van der Waals surface area contributed by atoms with Crippen LogP contribution in [-0.4, -0.2) is 89.8 Å². The topological polar surface area (TPSA) is 71.0 Å². The summed E-state index contributed by atoms with van der Waals surface area (Å²) in [5, 5.41) is 0.393. The molecule has 1 aromatic heterocycles. The molecule has 4 saturated heterocycles. The molecule has 1 amide bonds. The molecule has 4 fully saturated rings. The first-order valence-corrected chi connectivity index (χ1v) is 12.5. The van der Waals surface area contributed by atoms with Crippen molar-refractivity contribution in [2.24, 2.45) is 0 Å². The highest BCUT2D eigenvalue weighted by Crippen LogP contribution is 2.37. The summed E-state index contributed by atoms with van der Waals surface area (Å²) in [6.45, 7) is 3.73. The van der Waals surface area contributed by atoms with Crippen LogP contribution in [-0.2, 0) is 9.53 Å². The second kappa shape index (κ2) is 9.69. The molecule has 0 spiro atoms. The van der Waals surface area contributed by atoms with Crippen LogP contribution in [0.4, 0.5) is 5.95 Å². The Morgan fingerprint density at radius 1 is 1.19 bits per heavy atom. The van der Waals surface area contributed by atoms with Crippen LogP contribution in [0.25, 0.3) is 0 Å². The highest BCUT2D eigenvalue weighted by molar-refractivity contribution is 6.29. The normalized spacial score (nSPS) is 30.5. The van der Waals surface area contributed by atoms with Crippen LogP contribution in [0.15, 0.2) is 6.07 Å². The number of fused-ring (bicyclic) bond motifs is 2. The number of hydrogen-bond donors (Lipinski definition) is 0. The van der Waals surface area contributed by atoms with Gasteiger partial charge in [0.15, 0.2) is 0 Å². The smallest absolute Gasteiger partial charge is 0.236 e. The molecule has 2 bridgehead atoms. The average Bonchev–Trinajstić information content (AvgIpc) is 3.47. The summed E-state index contributed by atoms with van der Waals surface area (Å²) in [7, 11) is 2.06. The van der Waals surface area contributed by atoms with Gasteiger partial charge in [-0.15, -0.1) is 0 Å². The molecule has 0 aliphatic carbocycles. The molecule has 5 heterocycles. The van der Waals surface area contributed by atoms with Gasteiger partial charge in [-0.3, -0.25) is 9.69 Å². The molecule has 5 rings (SSSR count). The van der Waals surface area contributed by atoms with E-state index in [1.807, 2.05) is 4.90 Å². The van der Waals surface area contributed by atoms with Crippen molar-refractivity contribution in [2.75, 3.05) is 44.8 Å². The molecule has 8 nitrogen and oxygen atoms in total. The summed E-state index contributed by atoms with van der Waals surface area (Å²) in [5.74, 6) is 1.43. The van der Waals surface area contributed by atoms with E-state index >= 15 is 0 Å². The lowest BCUT2D eigenvalue weighted by molar-refractivity contribution is -0.134. The number of aromatic nitrogens is 2. The van der Waals surface area contributed by atoms with Gasteiger partial charge in [-0.1, -0.05) is 18.0 Å². The first kappa shape index (κ1) is 22.2. The molecule has 0 saturated carbocycles. The maximum Gasteiger partial charge on any atom is 0.236 e. The summed E-state index contributed by atoms with van der Waals surface area (Å²) in [4.78, 5) is 28.7. The molecule has 0 N–H and O–H groups in total. The number of ether oxygens (including phenoxy) is 2. The van der Waals surface area contributed by atoms with Crippen molar-refractivity contribution in [3.63, 3.8) is 0 Å². The monoisotopic (exact) mass is 463 g/mol. The predicted molar refractivity (Wildman–Crippen MR) is 122 cm³/mol. The largest absolute Gasteiger partial charge is 0.472 e. The molecule has 4 aliphatic heterocycles. The number of anilines is 1. The Labute approximate surface area is 195 Å². The van der Waals surface area contributed by atoms with Crippen molar-refractivity contribution in [3.8, 4) is 5.88 Å². The van der Waals surface area contributed by atoms with Gasteiger partial charge in [0.05, 0.1) is 19.8 Å². The molecule has 9 heteroatoms. The lowest BCUT2D eigenvalue weighted by Crippen LogP contribution is -2.58. The average molecular weight is 464 g/mol. The number of carbonyl (C=O) groups is 1. The minimum atomic E-state index is 0.0230. The van der Waals surface area contributed by atoms with Crippen molar-refractivity contribution in [1.82, 2.24) is 19.8 Å². The van der Waals surface area contributed by atoms with Gasteiger partial charge in [-0.2, -0.15) is 4.98 Å². The van der Waals surface area contributed by atoms with E-state index in [0.29, 0.717) is 54.2 Å². The van der Waals surface area contributed by atoms with Gasteiger partial charge >= 0.3 is 0 Å². The number of piperidine rings is 2.